The average molecular weight is 385 g/mol. The Morgan fingerprint density at radius 3 is 2.33 bits per heavy atom. The van der Waals surface area contributed by atoms with Crippen LogP contribution in [0.5, 0.6) is 11.5 Å². The number of carbonyl (C=O) groups is 1. The van der Waals surface area contributed by atoms with Crippen LogP contribution in [0.25, 0.3) is 0 Å². The van der Waals surface area contributed by atoms with Gasteiger partial charge in [-0.1, -0.05) is 11.6 Å². The van der Waals surface area contributed by atoms with Crippen molar-refractivity contribution in [3.8, 4) is 11.5 Å². The number of amides is 1. The Morgan fingerprint density at radius 2 is 1.70 bits per heavy atom. The van der Waals surface area contributed by atoms with E-state index in [1.807, 2.05) is 0 Å². The maximum absolute atomic E-state index is 12.3. The Bertz CT molecular complexity index is 931. The third-order valence-corrected chi connectivity index (χ3v) is 3.91. The quantitative estimate of drug-likeness (QED) is 0.664. The number of nitrogens with zero attached hydrogens (tertiary/aromatic N) is 2. The molecule has 0 saturated carbocycles. The fourth-order valence-corrected chi connectivity index (χ4v) is 2.46. The molecule has 1 heterocycles. The monoisotopic (exact) mass is 384 g/mol. The minimum absolute atomic E-state index is 0.313. The number of benzene rings is 2. The van der Waals surface area contributed by atoms with Crippen LogP contribution in [0, 0.1) is 0 Å². The molecule has 0 aliphatic carbocycles. The van der Waals surface area contributed by atoms with Crippen LogP contribution in [0.3, 0.4) is 0 Å². The third kappa shape index (κ3) is 4.65. The second kappa shape index (κ2) is 8.37. The van der Waals surface area contributed by atoms with Crippen LogP contribution in [0.15, 0.2) is 54.9 Å². The van der Waals surface area contributed by atoms with E-state index in [9.17, 15) is 4.79 Å². The molecule has 3 rings (SSSR count). The van der Waals surface area contributed by atoms with Crippen molar-refractivity contribution in [2.45, 2.75) is 0 Å². The van der Waals surface area contributed by atoms with Crippen LogP contribution in [0.4, 0.5) is 17.3 Å². The summed E-state index contributed by atoms with van der Waals surface area (Å²) in [7, 11) is 3.14. The lowest BCUT2D eigenvalue weighted by Gasteiger charge is -2.10. The SMILES string of the molecule is COc1ccc(NC(=O)c2cnc(Nc3cc(Cl)ccc3OC)nc2)cc1. The van der Waals surface area contributed by atoms with Crippen molar-refractivity contribution >= 4 is 34.8 Å². The highest BCUT2D eigenvalue weighted by molar-refractivity contribution is 6.31. The molecule has 2 aromatic carbocycles. The lowest BCUT2D eigenvalue weighted by Crippen LogP contribution is -2.13. The Morgan fingerprint density at radius 1 is 1.00 bits per heavy atom. The minimum Gasteiger partial charge on any atom is -0.497 e. The molecule has 8 heteroatoms. The first-order chi connectivity index (χ1) is 13.1. The highest BCUT2D eigenvalue weighted by Crippen LogP contribution is 2.29. The first-order valence-corrected chi connectivity index (χ1v) is 8.35. The van der Waals surface area contributed by atoms with E-state index in [1.54, 1.807) is 56.7 Å². The fourth-order valence-electron chi connectivity index (χ4n) is 2.29. The summed E-state index contributed by atoms with van der Waals surface area (Å²) in [5.74, 6) is 1.32. The molecule has 0 radical (unpaired) electrons. The summed E-state index contributed by atoms with van der Waals surface area (Å²) < 4.78 is 10.4. The fraction of sp³-hybridized carbons (Fsp3) is 0.105. The van der Waals surface area contributed by atoms with Crippen molar-refractivity contribution in [3.05, 3.63) is 65.4 Å². The second-order valence-electron chi connectivity index (χ2n) is 5.45. The third-order valence-electron chi connectivity index (χ3n) is 3.67. The van der Waals surface area contributed by atoms with Gasteiger partial charge in [0.2, 0.25) is 5.95 Å². The van der Waals surface area contributed by atoms with Crippen molar-refractivity contribution in [1.29, 1.82) is 0 Å². The number of methoxy groups -OCH3 is 2. The van der Waals surface area contributed by atoms with E-state index in [2.05, 4.69) is 20.6 Å². The highest BCUT2D eigenvalue weighted by atomic mass is 35.5. The van der Waals surface area contributed by atoms with Crippen LogP contribution in [0.1, 0.15) is 10.4 Å². The molecule has 1 amide bonds. The standard InChI is InChI=1S/C19H17ClN4O3/c1-26-15-6-4-14(5-7-15)23-18(25)12-10-21-19(22-11-12)24-16-9-13(20)3-8-17(16)27-2/h3-11H,1-2H3,(H,23,25)(H,21,22,24). The molecule has 0 spiro atoms. The first kappa shape index (κ1) is 18.5. The van der Waals surface area contributed by atoms with E-state index in [0.29, 0.717) is 39.4 Å². The number of hydrogen-bond acceptors (Lipinski definition) is 6. The van der Waals surface area contributed by atoms with E-state index in [1.165, 1.54) is 12.4 Å². The van der Waals surface area contributed by atoms with E-state index in [-0.39, 0.29) is 5.91 Å². The Hall–Kier alpha value is -3.32. The van der Waals surface area contributed by atoms with Crippen molar-refractivity contribution < 1.29 is 14.3 Å². The molecule has 3 aromatic rings. The van der Waals surface area contributed by atoms with Gasteiger partial charge in [-0.05, 0) is 42.5 Å². The van der Waals surface area contributed by atoms with Gasteiger partial charge in [-0.2, -0.15) is 0 Å². The Labute approximate surface area is 161 Å². The second-order valence-corrected chi connectivity index (χ2v) is 5.88. The molecule has 0 aliphatic heterocycles. The van der Waals surface area contributed by atoms with Crippen LogP contribution < -0.4 is 20.1 Å². The molecule has 0 atom stereocenters. The first-order valence-electron chi connectivity index (χ1n) is 7.97. The molecule has 138 valence electrons. The van der Waals surface area contributed by atoms with Gasteiger partial charge in [0.25, 0.3) is 5.91 Å². The number of nitrogens with one attached hydrogen (secondary N) is 2. The molecule has 0 aliphatic rings. The van der Waals surface area contributed by atoms with Gasteiger partial charge in [-0.25, -0.2) is 9.97 Å². The number of hydrogen-bond donors (Lipinski definition) is 2. The Balaban J connectivity index is 1.69. The van der Waals surface area contributed by atoms with E-state index in [4.69, 9.17) is 21.1 Å². The number of rotatable bonds is 6. The van der Waals surface area contributed by atoms with Gasteiger partial charge in [0, 0.05) is 23.1 Å². The molecule has 0 fully saturated rings. The van der Waals surface area contributed by atoms with Gasteiger partial charge >= 0.3 is 0 Å². The largest absolute Gasteiger partial charge is 0.497 e. The van der Waals surface area contributed by atoms with Crippen LogP contribution >= 0.6 is 11.6 Å². The smallest absolute Gasteiger partial charge is 0.258 e. The number of anilines is 3. The summed E-state index contributed by atoms with van der Waals surface area (Å²) in [5.41, 5.74) is 1.60. The molecular weight excluding hydrogens is 368 g/mol. The van der Waals surface area contributed by atoms with E-state index in [0.717, 1.165) is 0 Å². The summed E-state index contributed by atoms with van der Waals surface area (Å²) in [6, 6.07) is 12.2. The highest BCUT2D eigenvalue weighted by Gasteiger charge is 2.10. The molecule has 0 bridgehead atoms. The molecule has 0 unspecified atom stereocenters. The summed E-state index contributed by atoms with van der Waals surface area (Å²) >= 11 is 6.01. The molecule has 0 saturated heterocycles. The van der Waals surface area contributed by atoms with Gasteiger partial charge in [-0.3, -0.25) is 4.79 Å². The zero-order valence-corrected chi connectivity index (χ0v) is 15.4. The van der Waals surface area contributed by atoms with Crippen molar-refractivity contribution in [2.75, 3.05) is 24.9 Å². The summed E-state index contributed by atoms with van der Waals surface area (Å²) in [5, 5.41) is 6.34. The lowest BCUT2D eigenvalue weighted by molar-refractivity contribution is 0.102. The summed E-state index contributed by atoms with van der Waals surface area (Å²) in [6.07, 6.45) is 2.87. The lowest BCUT2D eigenvalue weighted by atomic mass is 10.2. The maximum atomic E-state index is 12.3. The van der Waals surface area contributed by atoms with Gasteiger partial charge in [0.05, 0.1) is 25.5 Å². The van der Waals surface area contributed by atoms with Crippen LogP contribution in [-0.2, 0) is 0 Å². The Kier molecular flexibility index (Phi) is 5.73. The summed E-state index contributed by atoms with van der Waals surface area (Å²) in [4.78, 5) is 20.6. The van der Waals surface area contributed by atoms with Gasteiger partial charge < -0.3 is 20.1 Å². The average Bonchev–Trinajstić information content (AvgIpc) is 2.69. The molecule has 7 nitrogen and oxygen atoms in total. The summed E-state index contributed by atoms with van der Waals surface area (Å²) in [6.45, 7) is 0. The van der Waals surface area contributed by atoms with Gasteiger partial charge in [-0.15, -0.1) is 0 Å². The molecule has 27 heavy (non-hydrogen) atoms. The zero-order valence-electron chi connectivity index (χ0n) is 14.7. The molecular formula is C19H17ClN4O3. The predicted octanol–water partition coefficient (Wildman–Crippen LogP) is 4.14. The number of carbonyl (C=O) groups excluding carboxylic acids is 1. The maximum Gasteiger partial charge on any atom is 0.258 e. The van der Waals surface area contributed by atoms with Crippen molar-refractivity contribution in [3.63, 3.8) is 0 Å². The molecule has 2 N–H and O–H groups in total. The van der Waals surface area contributed by atoms with Crippen molar-refractivity contribution in [2.24, 2.45) is 0 Å². The minimum atomic E-state index is -0.313. The van der Waals surface area contributed by atoms with E-state index >= 15 is 0 Å². The topological polar surface area (TPSA) is 85.4 Å². The normalized spacial score (nSPS) is 10.2. The number of halogens is 1. The zero-order chi connectivity index (χ0) is 19.2. The van der Waals surface area contributed by atoms with Gasteiger partial charge in [0.1, 0.15) is 11.5 Å². The van der Waals surface area contributed by atoms with Gasteiger partial charge in [0.15, 0.2) is 0 Å². The molecule has 1 aromatic heterocycles. The van der Waals surface area contributed by atoms with E-state index < -0.39 is 0 Å². The number of aromatic nitrogens is 2. The predicted molar refractivity (Wildman–Crippen MR) is 104 cm³/mol. The number of ether oxygens (including phenoxy) is 2. The van der Waals surface area contributed by atoms with Crippen LogP contribution in [-0.4, -0.2) is 30.1 Å². The van der Waals surface area contributed by atoms with Crippen molar-refractivity contribution in [1.82, 2.24) is 9.97 Å². The van der Waals surface area contributed by atoms with Crippen LogP contribution in [0.2, 0.25) is 5.02 Å².